The number of carbonyl (C=O) groups excluding carboxylic acids is 1. The highest BCUT2D eigenvalue weighted by molar-refractivity contribution is 6.06. The number of amides is 1. The smallest absolute Gasteiger partial charge is 0.272 e. The number of anilines is 1. The second kappa shape index (κ2) is 6.94. The molecule has 134 valence electrons. The average molecular weight is 349 g/mol. The first-order chi connectivity index (χ1) is 12.6. The highest BCUT2D eigenvalue weighted by Gasteiger charge is 2.16. The van der Waals surface area contributed by atoms with Crippen molar-refractivity contribution in [2.45, 2.75) is 20.0 Å². The van der Waals surface area contributed by atoms with E-state index in [9.17, 15) is 4.79 Å². The highest BCUT2D eigenvalue weighted by Crippen LogP contribution is 2.23. The molecule has 26 heavy (non-hydrogen) atoms. The number of benzene rings is 2. The van der Waals surface area contributed by atoms with Gasteiger partial charge < -0.3 is 20.4 Å². The third-order valence-electron chi connectivity index (χ3n) is 4.80. The molecular formula is C21H23N3O2. The summed E-state index contributed by atoms with van der Waals surface area (Å²) < 4.78 is 5.75. The zero-order valence-corrected chi connectivity index (χ0v) is 15.1. The molecule has 5 nitrogen and oxygen atoms in total. The molecule has 0 radical (unpaired) electrons. The Morgan fingerprint density at radius 2 is 1.96 bits per heavy atom. The van der Waals surface area contributed by atoms with Crippen LogP contribution in [0.2, 0.25) is 0 Å². The third-order valence-corrected chi connectivity index (χ3v) is 4.80. The summed E-state index contributed by atoms with van der Waals surface area (Å²) in [5, 5.41) is 7.36. The van der Waals surface area contributed by atoms with Crippen LogP contribution in [0.25, 0.3) is 10.9 Å². The average Bonchev–Trinajstić information content (AvgIpc) is 3.08. The quantitative estimate of drug-likeness (QED) is 0.675. The van der Waals surface area contributed by atoms with E-state index >= 15 is 0 Å². The van der Waals surface area contributed by atoms with Gasteiger partial charge in [0.25, 0.3) is 5.91 Å². The van der Waals surface area contributed by atoms with E-state index in [1.54, 1.807) is 0 Å². The van der Waals surface area contributed by atoms with E-state index in [1.165, 1.54) is 11.1 Å². The first kappa shape index (κ1) is 16.8. The number of aryl methyl sites for hydroxylation is 2. The van der Waals surface area contributed by atoms with Gasteiger partial charge in [-0.2, -0.15) is 0 Å². The third kappa shape index (κ3) is 3.36. The summed E-state index contributed by atoms with van der Waals surface area (Å²) >= 11 is 0. The second-order valence-corrected chi connectivity index (χ2v) is 6.87. The Morgan fingerprint density at radius 1 is 1.15 bits per heavy atom. The molecule has 4 rings (SSSR count). The molecule has 1 aromatic heterocycles. The zero-order chi connectivity index (χ0) is 18.1. The Kier molecular flexibility index (Phi) is 4.49. The minimum Gasteiger partial charge on any atom is -0.371 e. The molecule has 0 bridgehead atoms. The number of ether oxygens (including phenoxy) is 1. The molecule has 1 saturated heterocycles. The lowest BCUT2D eigenvalue weighted by atomic mass is 10.1. The molecule has 1 aliphatic rings. The van der Waals surface area contributed by atoms with E-state index in [1.807, 2.05) is 30.3 Å². The number of aromatic amines is 1. The number of H-pyrrole nitrogens is 1. The van der Waals surface area contributed by atoms with Gasteiger partial charge in [-0.25, -0.2) is 0 Å². The lowest BCUT2D eigenvalue weighted by Crippen LogP contribution is -2.33. The number of nitrogens with one attached hydrogen (secondary N) is 3. The van der Waals surface area contributed by atoms with E-state index in [0.717, 1.165) is 41.9 Å². The Hall–Kier alpha value is -2.63. The van der Waals surface area contributed by atoms with E-state index < -0.39 is 0 Å². The number of fused-ring (bicyclic) bond motifs is 1. The van der Waals surface area contributed by atoms with Crippen molar-refractivity contribution >= 4 is 22.5 Å². The van der Waals surface area contributed by atoms with E-state index in [4.69, 9.17) is 4.74 Å². The van der Waals surface area contributed by atoms with Gasteiger partial charge in [-0.05, 0) is 54.8 Å². The topological polar surface area (TPSA) is 66.2 Å². The van der Waals surface area contributed by atoms with Gasteiger partial charge in [0.15, 0.2) is 0 Å². The fourth-order valence-electron chi connectivity index (χ4n) is 3.48. The van der Waals surface area contributed by atoms with Crippen molar-refractivity contribution in [3.05, 3.63) is 64.8 Å². The molecule has 2 aromatic carbocycles. The predicted molar refractivity (Wildman–Crippen MR) is 104 cm³/mol. The number of rotatable bonds is 3. The van der Waals surface area contributed by atoms with Gasteiger partial charge in [0.1, 0.15) is 5.69 Å². The Labute approximate surface area is 152 Å². The number of hydrogen-bond donors (Lipinski definition) is 3. The van der Waals surface area contributed by atoms with Crippen LogP contribution in [0.1, 0.15) is 33.3 Å². The SMILES string of the molecule is Cc1cc(C)c2cc(C(=O)Nc3ccc(C4CNCCO4)cc3)[nH]c2c1. The normalized spacial score (nSPS) is 17.4. The summed E-state index contributed by atoms with van der Waals surface area (Å²) in [6, 6.07) is 13.9. The van der Waals surface area contributed by atoms with Crippen molar-refractivity contribution in [1.29, 1.82) is 0 Å². The standard InChI is InChI=1S/C21H23N3O2/c1-13-9-14(2)17-11-19(24-18(17)10-13)21(25)23-16-5-3-15(4-6-16)20-12-22-7-8-26-20/h3-6,9-11,20,22,24H,7-8,12H2,1-2H3,(H,23,25). The lowest BCUT2D eigenvalue weighted by molar-refractivity contribution is 0.0277. The van der Waals surface area contributed by atoms with Gasteiger partial charge in [-0.15, -0.1) is 0 Å². The number of carbonyl (C=O) groups is 1. The summed E-state index contributed by atoms with van der Waals surface area (Å²) in [5.74, 6) is -0.137. The zero-order valence-electron chi connectivity index (χ0n) is 15.1. The minimum absolute atomic E-state index is 0.0772. The molecule has 0 spiro atoms. The van der Waals surface area contributed by atoms with Crippen LogP contribution in [-0.2, 0) is 4.74 Å². The van der Waals surface area contributed by atoms with E-state index in [2.05, 4.69) is 41.6 Å². The molecule has 1 amide bonds. The Bertz CT molecular complexity index is 938. The number of aromatic nitrogens is 1. The second-order valence-electron chi connectivity index (χ2n) is 6.87. The van der Waals surface area contributed by atoms with Crippen LogP contribution in [0.3, 0.4) is 0 Å². The van der Waals surface area contributed by atoms with Gasteiger partial charge in [-0.1, -0.05) is 18.2 Å². The van der Waals surface area contributed by atoms with Crippen molar-refractivity contribution in [2.75, 3.05) is 25.0 Å². The molecule has 5 heteroatoms. The van der Waals surface area contributed by atoms with Crippen LogP contribution in [-0.4, -0.2) is 30.6 Å². The molecule has 2 heterocycles. The van der Waals surface area contributed by atoms with Crippen LogP contribution in [0.4, 0.5) is 5.69 Å². The van der Waals surface area contributed by atoms with Crippen molar-refractivity contribution < 1.29 is 9.53 Å². The van der Waals surface area contributed by atoms with Crippen LogP contribution in [0.15, 0.2) is 42.5 Å². The van der Waals surface area contributed by atoms with E-state index in [0.29, 0.717) is 5.69 Å². The Morgan fingerprint density at radius 3 is 2.69 bits per heavy atom. The molecular weight excluding hydrogens is 326 g/mol. The van der Waals surface area contributed by atoms with Crippen molar-refractivity contribution in [3.63, 3.8) is 0 Å². The summed E-state index contributed by atoms with van der Waals surface area (Å²) in [6.07, 6.45) is 0.0772. The van der Waals surface area contributed by atoms with Gasteiger partial charge in [0, 0.05) is 29.7 Å². The predicted octanol–water partition coefficient (Wildman–Crippen LogP) is 3.70. The Balaban J connectivity index is 1.50. The monoisotopic (exact) mass is 349 g/mol. The highest BCUT2D eigenvalue weighted by atomic mass is 16.5. The fraction of sp³-hybridized carbons (Fsp3) is 0.286. The van der Waals surface area contributed by atoms with Crippen LogP contribution in [0.5, 0.6) is 0 Å². The maximum Gasteiger partial charge on any atom is 0.272 e. The maximum atomic E-state index is 12.6. The molecule has 3 N–H and O–H groups in total. The van der Waals surface area contributed by atoms with Gasteiger partial charge >= 0.3 is 0 Å². The maximum absolute atomic E-state index is 12.6. The molecule has 1 unspecified atom stereocenters. The minimum atomic E-state index is -0.137. The summed E-state index contributed by atoms with van der Waals surface area (Å²) in [5.41, 5.74) is 5.79. The van der Waals surface area contributed by atoms with Crippen LogP contribution >= 0.6 is 0 Å². The van der Waals surface area contributed by atoms with Crippen molar-refractivity contribution in [3.8, 4) is 0 Å². The summed E-state index contributed by atoms with van der Waals surface area (Å²) in [6.45, 7) is 6.56. The van der Waals surface area contributed by atoms with E-state index in [-0.39, 0.29) is 12.0 Å². The molecule has 1 atom stereocenters. The summed E-state index contributed by atoms with van der Waals surface area (Å²) in [4.78, 5) is 15.8. The first-order valence-corrected chi connectivity index (χ1v) is 8.94. The molecule has 1 fully saturated rings. The molecule has 3 aromatic rings. The number of morpholine rings is 1. The fourth-order valence-corrected chi connectivity index (χ4v) is 3.48. The number of hydrogen-bond acceptors (Lipinski definition) is 3. The van der Waals surface area contributed by atoms with Gasteiger partial charge in [0.2, 0.25) is 0 Å². The van der Waals surface area contributed by atoms with Gasteiger partial charge in [-0.3, -0.25) is 4.79 Å². The van der Waals surface area contributed by atoms with Crippen LogP contribution in [0, 0.1) is 13.8 Å². The van der Waals surface area contributed by atoms with Crippen LogP contribution < -0.4 is 10.6 Å². The molecule has 0 saturated carbocycles. The lowest BCUT2D eigenvalue weighted by Gasteiger charge is -2.24. The molecule has 0 aliphatic carbocycles. The van der Waals surface area contributed by atoms with Crippen molar-refractivity contribution in [1.82, 2.24) is 10.3 Å². The largest absolute Gasteiger partial charge is 0.371 e. The van der Waals surface area contributed by atoms with Crippen molar-refractivity contribution in [2.24, 2.45) is 0 Å². The molecule has 1 aliphatic heterocycles. The summed E-state index contributed by atoms with van der Waals surface area (Å²) in [7, 11) is 0. The first-order valence-electron chi connectivity index (χ1n) is 8.94. The van der Waals surface area contributed by atoms with Gasteiger partial charge in [0.05, 0.1) is 12.7 Å².